The molecule has 0 spiro atoms. The van der Waals surface area contributed by atoms with Crippen molar-refractivity contribution in [1.29, 1.82) is 0 Å². The molecule has 1 rings (SSSR count). The number of thioether (sulfide) groups is 1. The van der Waals surface area contributed by atoms with E-state index in [1.807, 2.05) is 11.8 Å². The fourth-order valence-corrected chi connectivity index (χ4v) is 1.84. The van der Waals surface area contributed by atoms with Gasteiger partial charge in [0.15, 0.2) is 0 Å². The lowest BCUT2D eigenvalue weighted by molar-refractivity contribution is 0.242. The predicted molar refractivity (Wildman–Crippen MR) is 48.7 cm³/mol. The molecule has 0 saturated carbocycles. The first-order chi connectivity index (χ1) is 4.93. The first-order valence-electron chi connectivity index (χ1n) is 4.15. The first kappa shape index (κ1) is 8.41. The molecule has 0 bridgehead atoms. The summed E-state index contributed by atoms with van der Waals surface area (Å²) >= 11 is 1.95. The summed E-state index contributed by atoms with van der Waals surface area (Å²) in [5.41, 5.74) is 0. The van der Waals surface area contributed by atoms with Gasteiger partial charge in [-0.25, -0.2) is 0 Å². The van der Waals surface area contributed by atoms with Gasteiger partial charge in [0.1, 0.15) is 0 Å². The lowest BCUT2D eigenvalue weighted by atomic mass is 10.1. The highest BCUT2D eigenvalue weighted by atomic mass is 32.2. The number of hydrogen-bond acceptors (Lipinski definition) is 2. The van der Waals surface area contributed by atoms with Crippen LogP contribution in [-0.4, -0.2) is 36.5 Å². The van der Waals surface area contributed by atoms with Crippen LogP contribution < -0.4 is 0 Å². The molecule has 1 aliphatic heterocycles. The molecule has 0 aromatic rings. The summed E-state index contributed by atoms with van der Waals surface area (Å²) in [6, 6.07) is 0. The van der Waals surface area contributed by atoms with Gasteiger partial charge in [-0.3, -0.25) is 0 Å². The molecule has 0 aromatic carbocycles. The lowest BCUT2D eigenvalue weighted by Gasteiger charge is -2.25. The SMILES string of the molecule is CSCCN1CCCCC1. The summed E-state index contributed by atoms with van der Waals surface area (Å²) in [4.78, 5) is 2.58. The van der Waals surface area contributed by atoms with E-state index < -0.39 is 0 Å². The van der Waals surface area contributed by atoms with Gasteiger partial charge in [-0.1, -0.05) is 6.42 Å². The first-order valence-corrected chi connectivity index (χ1v) is 5.54. The second-order valence-electron chi connectivity index (χ2n) is 2.90. The van der Waals surface area contributed by atoms with Crippen LogP contribution in [0.2, 0.25) is 0 Å². The highest BCUT2D eigenvalue weighted by molar-refractivity contribution is 7.98. The molecule has 0 atom stereocenters. The maximum atomic E-state index is 2.58. The highest BCUT2D eigenvalue weighted by Gasteiger charge is 2.07. The molecule has 0 amide bonds. The van der Waals surface area contributed by atoms with E-state index in [1.54, 1.807) is 0 Å². The molecule has 0 aliphatic carbocycles. The third-order valence-corrected chi connectivity index (χ3v) is 2.65. The van der Waals surface area contributed by atoms with Gasteiger partial charge in [-0.15, -0.1) is 0 Å². The Morgan fingerprint density at radius 2 is 1.90 bits per heavy atom. The topological polar surface area (TPSA) is 3.24 Å². The maximum absolute atomic E-state index is 2.58. The van der Waals surface area contributed by atoms with E-state index in [4.69, 9.17) is 0 Å². The zero-order valence-corrected chi connectivity index (χ0v) is 7.62. The van der Waals surface area contributed by atoms with Crippen LogP contribution in [0.3, 0.4) is 0 Å². The third kappa shape index (κ3) is 2.93. The van der Waals surface area contributed by atoms with E-state index in [9.17, 15) is 0 Å². The molecule has 2 heteroatoms. The summed E-state index contributed by atoms with van der Waals surface area (Å²) in [6.45, 7) is 4.00. The second-order valence-corrected chi connectivity index (χ2v) is 3.88. The van der Waals surface area contributed by atoms with Crippen molar-refractivity contribution in [3.63, 3.8) is 0 Å². The average Bonchev–Trinajstić information content (AvgIpc) is 2.03. The fraction of sp³-hybridized carbons (Fsp3) is 1.00. The van der Waals surface area contributed by atoms with Crippen LogP contribution in [0.4, 0.5) is 0 Å². The van der Waals surface area contributed by atoms with Gasteiger partial charge in [0.25, 0.3) is 0 Å². The van der Waals surface area contributed by atoms with Gasteiger partial charge >= 0.3 is 0 Å². The van der Waals surface area contributed by atoms with Crippen molar-refractivity contribution in [1.82, 2.24) is 4.90 Å². The van der Waals surface area contributed by atoms with Crippen molar-refractivity contribution in [2.45, 2.75) is 19.3 Å². The van der Waals surface area contributed by atoms with Crippen LogP contribution in [0.25, 0.3) is 0 Å². The fourth-order valence-electron chi connectivity index (χ4n) is 1.40. The van der Waals surface area contributed by atoms with Crippen molar-refractivity contribution < 1.29 is 0 Å². The highest BCUT2D eigenvalue weighted by Crippen LogP contribution is 2.08. The Kier molecular flexibility index (Phi) is 4.23. The van der Waals surface area contributed by atoms with Crippen molar-refractivity contribution in [2.24, 2.45) is 0 Å². The van der Waals surface area contributed by atoms with Crippen LogP contribution in [0.15, 0.2) is 0 Å². The second kappa shape index (κ2) is 5.03. The molecular weight excluding hydrogens is 142 g/mol. The summed E-state index contributed by atoms with van der Waals surface area (Å²) in [7, 11) is 0. The zero-order chi connectivity index (χ0) is 7.23. The minimum absolute atomic E-state index is 1.31. The monoisotopic (exact) mass is 159 g/mol. The summed E-state index contributed by atoms with van der Waals surface area (Å²) in [5, 5.41) is 0. The van der Waals surface area contributed by atoms with Crippen molar-refractivity contribution in [2.75, 3.05) is 31.6 Å². The Morgan fingerprint density at radius 1 is 1.20 bits per heavy atom. The van der Waals surface area contributed by atoms with Crippen molar-refractivity contribution >= 4 is 11.8 Å². The summed E-state index contributed by atoms with van der Waals surface area (Å²) in [6.07, 6.45) is 6.49. The Labute approximate surface area is 68.2 Å². The Bertz CT molecular complexity index is 79.3. The Morgan fingerprint density at radius 3 is 2.50 bits per heavy atom. The van der Waals surface area contributed by atoms with Gasteiger partial charge in [0.05, 0.1) is 0 Å². The normalized spacial score (nSPS) is 21.3. The number of piperidine rings is 1. The van der Waals surface area contributed by atoms with Gasteiger partial charge < -0.3 is 4.90 Å². The van der Waals surface area contributed by atoms with Crippen LogP contribution in [0, 0.1) is 0 Å². The molecule has 0 aromatic heterocycles. The summed E-state index contributed by atoms with van der Waals surface area (Å²) in [5.74, 6) is 1.31. The molecule has 1 nitrogen and oxygen atoms in total. The predicted octanol–water partition coefficient (Wildman–Crippen LogP) is 1.84. The van der Waals surface area contributed by atoms with Gasteiger partial charge in [0, 0.05) is 12.3 Å². The number of nitrogens with zero attached hydrogens (tertiary/aromatic N) is 1. The molecule has 0 unspecified atom stereocenters. The van der Waals surface area contributed by atoms with E-state index in [0.717, 1.165) is 0 Å². The molecule has 1 heterocycles. The number of rotatable bonds is 3. The third-order valence-electron chi connectivity index (χ3n) is 2.06. The van der Waals surface area contributed by atoms with Crippen LogP contribution >= 0.6 is 11.8 Å². The Hall–Kier alpha value is 0.310. The van der Waals surface area contributed by atoms with Crippen LogP contribution in [-0.2, 0) is 0 Å². The molecule has 60 valence electrons. The van der Waals surface area contributed by atoms with Crippen LogP contribution in [0.1, 0.15) is 19.3 Å². The van der Waals surface area contributed by atoms with Gasteiger partial charge in [-0.2, -0.15) is 11.8 Å². The summed E-state index contributed by atoms with van der Waals surface area (Å²) < 4.78 is 0. The minimum Gasteiger partial charge on any atom is -0.303 e. The molecular formula is C8H17NS. The molecule has 1 fully saturated rings. The maximum Gasteiger partial charge on any atom is 0.00722 e. The molecule has 0 N–H and O–H groups in total. The van der Waals surface area contributed by atoms with E-state index in [2.05, 4.69) is 11.2 Å². The average molecular weight is 159 g/mol. The van der Waals surface area contributed by atoms with Gasteiger partial charge in [0.2, 0.25) is 0 Å². The largest absolute Gasteiger partial charge is 0.303 e. The van der Waals surface area contributed by atoms with Crippen LogP contribution in [0.5, 0.6) is 0 Å². The Balaban J connectivity index is 2.02. The smallest absolute Gasteiger partial charge is 0.00722 e. The van der Waals surface area contributed by atoms with E-state index >= 15 is 0 Å². The van der Waals surface area contributed by atoms with Crippen molar-refractivity contribution in [3.8, 4) is 0 Å². The minimum atomic E-state index is 1.31. The van der Waals surface area contributed by atoms with E-state index in [0.29, 0.717) is 0 Å². The molecule has 0 radical (unpaired) electrons. The molecule has 1 saturated heterocycles. The number of likely N-dealkylation sites (tertiary alicyclic amines) is 1. The van der Waals surface area contributed by atoms with Gasteiger partial charge in [-0.05, 0) is 32.2 Å². The molecule has 1 aliphatic rings. The van der Waals surface area contributed by atoms with E-state index in [1.165, 1.54) is 44.6 Å². The quantitative estimate of drug-likeness (QED) is 0.618. The van der Waals surface area contributed by atoms with E-state index in [-0.39, 0.29) is 0 Å². The standard InChI is InChI=1S/C8H17NS/c1-10-8-7-9-5-3-2-4-6-9/h2-8H2,1H3. The van der Waals surface area contributed by atoms with Crippen molar-refractivity contribution in [3.05, 3.63) is 0 Å². The number of hydrogen-bond donors (Lipinski definition) is 0. The zero-order valence-electron chi connectivity index (χ0n) is 6.81. The lowest BCUT2D eigenvalue weighted by Crippen LogP contribution is -2.31. The molecule has 10 heavy (non-hydrogen) atoms.